The van der Waals surface area contributed by atoms with Crippen LogP contribution in [0.5, 0.6) is 5.88 Å². The van der Waals surface area contributed by atoms with Crippen molar-refractivity contribution in [2.75, 3.05) is 12.4 Å². The third kappa shape index (κ3) is 2.10. The Labute approximate surface area is 92.0 Å². The maximum Gasteiger partial charge on any atom is 0.249 e. The number of amides is 2. The quantitative estimate of drug-likeness (QED) is 0.698. The average molecular weight is 221 g/mol. The predicted molar refractivity (Wildman–Crippen MR) is 56.0 cm³/mol. The normalized spacial score (nSPS) is 19.4. The molecular weight excluding hydrogens is 210 g/mol. The Kier molecular flexibility index (Phi) is 2.72. The minimum atomic E-state index is -0.511. The van der Waals surface area contributed by atoms with Crippen LogP contribution < -0.4 is 15.4 Å². The van der Waals surface area contributed by atoms with E-state index in [9.17, 15) is 9.59 Å². The number of ether oxygens (including phenoxy) is 1. The molecule has 16 heavy (non-hydrogen) atoms. The van der Waals surface area contributed by atoms with Crippen LogP contribution in [-0.4, -0.2) is 29.9 Å². The lowest BCUT2D eigenvalue weighted by Crippen LogP contribution is -2.30. The number of hydrogen-bond acceptors (Lipinski definition) is 5. The summed E-state index contributed by atoms with van der Waals surface area (Å²) in [6.45, 7) is 0. The van der Waals surface area contributed by atoms with E-state index in [1.165, 1.54) is 7.11 Å². The smallest absolute Gasteiger partial charge is 0.249 e. The maximum atomic E-state index is 11.3. The topological polar surface area (TPSA) is 80.3 Å². The fraction of sp³-hybridized carbons (Fsp3) is 0.300. The largest absolute Gasteiger partial charge is 0.481 e. The molecule has 1 aliphatic heterocycles. The summed E-state index contributed by atoms with van der Waals surface area (Å²) < 4.78 is 4.91. The molecule has 6 heteroatoms. The Balaban J connectivity index is 2.03. The summed E-state index contributed by atoms with van der Waals surface area (Å²) in [5, 5.41) is 5.15. The van der Waals surface area contributed by atoms with Gasteiger partial charge in [0.1, 0.15) is 6.04 Å². The Hall–Kier alpha value is -2.11. The molecule has 0 aliphatic carbocycles. The van der Waals surface area contributed by atoms with E-state index in [0.717, 1.165) is 0 Å². The molecule has 0 radical (unpaired) electrons. The van der Waals surface area contributed by atoms with E-state index < -0.39 is 6.04 Å². The number of nitrogens with one attached hydrogen (secondary N) is 2. The Morgan fingerprint density at radius 3 is 2.81 bits per heavy atom. The fourth-order valence-corrected chi connectivity index (χ4v) is 1.46. The molecule has 1 aromatic rings. The van der Waals surface area contributed by atoms with Gasteiger partial charge in [0.25, 0.3) is 0 Å². The van der Waals surface area contributed by atoms with E-state index >= 15 is 0 Å². The highest BCUT2D eigenvalue weighted by atomic mass is 16.5. The highest BCUT2D eigenvalue weighted by molar-refractivity contribution is 6.06. The number of methoxy groups -OCH3 is 1. The number of aromatic nitrogens is 1. The zero-order valence-corrected chi connectivity index (χ0v) is 8.69. The molecule has 1 saturated heterocycles. The molecule has 1 fully saturated rings. The van der Waals surface area contributed by atoms with Crippen molar-refractivity contribution >= 4 is 17.5 Å². The van der Waals surface area contributed by atoms with Crippen molar-refractivity contribution in [1.82, 2.24) is 10.3 Å². The summed E-state index contributed by atoms with van der Waals surface area (Å²) in [5.74, 6) is -0.0673. The molecule has 0 spiro atoms. The second-order valence-corrected chi connectivity index (χ2v) is 3.40. The Morgan fingerprint density at radius 2 is 2.31 bits per heavy atom. The molecule has 1 aliphatic rings. The van der Waals surface area contributed by atoms with E-state index in [-0.39, 0.29) is 18.2 Å². The van der Waals surface area contributed by atoms with Gasteiger partial charge in [-0.3, -0.25) is 14.9 Å². The number of imide groups is 1. The summed E-state index contributed by atoms with van der Waals surface area (Å²) in [4.78, 5) is 26.2. The van der Waals surface area contributed by atoms with Crippen LogP contribution in [0.4, 0.5) is 5.69 Å². The standard InChI is InChI=1S/C10H11N3O3/c1-16-9-3-2-6(5-11-9)12-7-4-8(14)13-10(7)15/h2-3,5,7,12H,4H2,1H3,(H,13,14,15). The zero-order valence-electron chi connectivity index (χ0n) is 8.69. The monoisotopic (exact) mass is 221 g/mol. The van der Waals surface area contributed by atoms with Crippen molar-refractivity contribution in [2.45, 2.75) is 12.5 Å². The Morgan fingerprint density at radius 1 is 1.50 bits per heavy atom. The third-order valence-corrected chi connectivity index (χ3v) is 2.26. The summed E-state index contributed by atoms with van der Waals surface area (Å²) in [5.41, 5.74) is 0.677. The van der Waals surface area contributed by atoms with E-state index in [0.29, 0.717) is 11.6 Å². The molecule has 2 amide bonds. The summed E-state index contributed by atoms with van der Waals surface area (Å²) in [6.07, 6.45) is 1.71. The third-order valence-electron chi connectivity index (χ3n) is 2.26. The number of carbonyl (C=O) groups is 2. The minimum absolute atomic E-state index is 0.158. The van der Waals surface area contributed by atoms with Gasteiger partial charge < -0.3 is 10.1 Å². The van der Waals surface area contributed by atoms with Crippen LogP contribution in [0.3, 0.4) is 0 Å². The summed E-state index contributed by atoms with van der Waals surface area (Å²) in [6, 6.07) is 2.90. The van der Waals surface area contributed by atoms with Crippen LogP contribution in [-0.2, 0) is 9.59 Å². The van der Waals surface area contributed by atoms with Crippen LogP contribution in [0.2, 0.25) is 0 Å². The molecule has 6 nitrogen and oxygen atoms in total. The number of carbonyl (C=O) groups excluding carboxylic acids is 2. The van der Waals surface area contributed by atoms with Crippen molar-refractivity contribution in [3.63, 3.8) is 0 Å². The number of anilines is 1. The lowest BCUT2D eigenvalue weighted by molar-refractivity contribution is -0.124. The van der Waals surface area contributed by atoms with Crippen molar-refractivity contribution in [1.29, 1.82) is 0 Å². The van der Waals surface area contributed by atoms with Gasteiger partial charge in [0, 0.05) is 6.07 Å². The first-order chi connectivity index (χ1) is 7.69. The van der Waals surface area contributed by atoms with Gasteiger partial charge >= 0.3 is 0 Å². The summed E-state index contributed by atoms with van der Waals surface area (Å²) >= 11 is 0. The van der Waals surface area contributed by atoms with Crippen molar-refractivity contribution in [2.24, 2.45) is 0 Å². The second-order valence-electron chi connectivity index (χ2n) is 3.40. The first kappa shape index (κ1) is 10.4. The fourth-order valence-electron chi connectivity index (χ4n) is 1.46. The van der Waals surface area contributed by atoms with Crippen LogP contribution in [0.25, 0.3) is 0 Å². The minimum Gasteiger partial charge on any atom is -0.481 e. The predicted octanol–water partition coefficient (Wildman–Crippen LogP) is -0.0828. The molecule has 0 aromatic carbocycles. The highest BCUT2D eigenvalue weighted by Gasteiger charge is 2.30. The van der Waals surface area contributed by atoms with E-state index in [4.69, 9.17) is 4.74 Å². The van der Waals surface area contributed by atoms with E-state index in [2.05, 4.69) is 15.6 Å². The lowest BCUT2D eigenvalue weighted by Gasteiger charge is -2.10. The number of hydrogen-bond donors (Lipinski definition) is 2. The highest BCUT2D eigenvalue weighted by Crippen LogP contribution is 2.14. The molecule has 2 rings (SSSR count). The van der Waals surface area contributed by atoms with E-state index in [1.807, 2.05) is 0 Å². The molecule has 2 N–H and O–H groups in total. The molecule has 0 saturated carbocycles. The van der Waals surface area contributed by atoms with Gasteiger partial charge in [0.2, 0.25) is 17.7 Å². The first-order valence-corrected chi connectivity index (χ1v) is 4.79. The van der Waals surface area contributed by atoms with Gasteiger partial charge in [0.05, 0.1) is 25.4 Å². The molecule has 84 valence electrons. The van der Waals surface area contributed by atoms with Crippen molar-refractivity contribution in [3.8, 4) is 5.88 Å². The van der Waals surface area contributed by atoms with Gasteiger partial charge in [-0.2, -0.15) is 0 Å². The van der Waals surface area contributed by atoms with Crippen LogP contribution in [0, 0.1) is 0 Å². The maximum absolute atomic E-state index is 11.3. The summed E-state index contributed by atoms with van der Waals surface area (Å²) in [7, 11) is 1.53. The number of nitrogens with zero attached hydrogens (tertiary/aromatic N) is 1. The molecule has 1 unspecified atom stereocenters. The average Bonchev–Trinajstić information content (AvgIpc) is 2.59. The molecular formula is C10H11N3O3. The number of pyridine rings is 1. The van der Waals surface area contributed by atoms with Gasteiger partial charge in [0.15, 0.2) is 0 Å². The number of rotatable bonds is 3. The SMILES string of the molecule is COc1ccc(NC2CC(=O)NC2=O)cn1. The van der Waals surface area contributed by atoms with Crippen LogP contribution in [0.1, 0.15) is 6.42 Å². The lowest BCUT2D eigenvalue weighted by atomic mass is 10.2. The van der Waals surface area contributed by atoms with Gasteiger partial charge in [-0.05, 0) is 6.07 Å². The van der Waals surface area contributed by atoms with E-state index in [1.54, 1.807) is 18.3 Å². The van der Waals surface area contributed by atoms with Gasteiger partial charge in [-0.25, -0.2) is 4.98 Å². The Bertz CT molecular complexity index is 416. The molecule has 1 aromatic heterocycles. The second kappa shape index (κ2) is 4.18. The van der Waals surface area contributed by atoms with Crippen LogP contribution in [0.15, 0.2) is 18.3 Å². The van der Waals surface area contributed by atoms with Gasteiger partial charge in [-0.1, -0.05) is 0 Å². The zero-order chi connectivity index (χ0) is 11.5. The van der Waals surface area contributed by atoms with Crippen LogP contribution >= 0.6 is 0 Å². The molecule has 2 heterocycles. The van der Waals surface area contributed by atoms with Gasteiger partial charge in [-0.15, -0.1) is 0 Å². The van der Waals surface area contributed by atoms with Crippen molar-refractivity contribution < 1.29 is 14.3 Å². The first-order valence-electron chi connectivity index (χ1n) is 4.79. The molecule has 1 atom stereocenters. The molecule has 0 bridgehead atoms. The van der Waals surface area contributed by atoms with Crippen molar-refractivity contribution in [3.05, 3.63) is 18.3 Å².